The highest BCUT2D eigenvalue weighted by molar-refractivity contribution is 6.30. The highest BCUT2D eigenvalue weighted by Gasteiger charge is 2.19. The quantitative estimate of drug-likeness (QED) is 0.801. The van der Waals surface area contributed by atoms with Crippen LogP contribution in [0.3, 0.4) is 0 Å². The van der Waals surface area contributed by atoms with Gasteiger partial charge in [0.25, 0.3) is 5.56 Å². The normalized spacial score (nSPS) is 12.1. The smallest absolute Gasteiger partial charge is 0.278 e. The van der Waals surface area contributed by atoms with E-state index in [0.717, 1.165) is 4.68 Å². The van der Waals surface area contributed by atoms with Crippen molar-refractivity contribution in [3.63, 3.8) is 0 Å². The largest absolute Gasteiger partial charge is 0.324 e. The van der Waals surface area contributed by atoms with Crippen LogP contribution in [-0.2, 0) is 4.79 Å². The fourth-order valence-corrected chi connectivity index (χ4v) is 2.37. The summed E-state index contributed by atoms with van der Waals surface area (Å²) in [6, 6.07) is 12.8. The second-order valence-corrected chi connectivity index (χ2v) is 5.47. The molecule has 0 aliphatic carbocycles. The lowest BCUT2D eigenvalue weighted by molar-refractivity contribution is -0.119. The van der Waals surface area contributed by atoms with Crippen LogP contribution < -0.4 is 10.9 Å². The molecule has 1 heterocycles. The Labute approximate surface area is 136 Å². The van der Waals surface area contributed by atoms with Crippen LogP contribution in [-0.4, -0.2) is 20.9 Å². The zero-order valence-corrected chi connectivity index (χ0v) is 13.0. The first-order chi connectivity index (χ1) is 11.1. The molecule has 6 nitrogen and oxygen atoms in total. The van der Waals surface area contributed by atoms with Crippen molar-refractivity contribution in [3.05, 3.63) is 63.9 Å². The molecule has 2 aromatic carbocycles. The number of nitrogens with zero attached hydrogens (tertiary/aromatic N) is 3. The van der Waals surface area contributed by atoms with Crippen LogP contribution in [0.15, 0.2) is 53.3 Å². The van der Waals surface area contributed by atoms with E-state index in [0.29, 0.717) is 21.6 Å². The molecule has 1 aromatic heterocycles. The lowest BCUT2D eigenvalue weighted by Gasteiger charge is -2.13. The minimum Gasteiger partial charge on any atom is -0.324 e. The van der Waals surface area contributed by atoms with E-state index in [9.17, 15) is 9.59 Å². The molecule has 0 fully saturated rings. The Bertz CT molecular complexity index is 939. The minimum atomic E-state index is -0.807. The van der Waals surface area contributed by atoms with E-state index >= 15 is 0 Å². The summed E-state index contributed by atoms with van der Waals surface area (Å²) < 4.78 is 1.07. The molecule has 0 aliphatic rings. The predicted octanol–water partition coefficient (Wildman–Crippen LogP) is 2.64. The Morgan fingerprint density at radius 1 is 1.22 bits per heavy atom. The molecule has 1 atom stereocenters. The number of fused-ring (bicyclic) bond motifs is 1. The first kappa shape index (κ1) is 15.2. The van der Waals surface area contributed by atoms with Crippen molar-refractivity contribution in [3.8, 4) is 0 Å². The predicted molar refractivity (Wildman–Crippen MR) is 88.6 cm³/mol. The molecule has 0 bridgehead atoms. The number of carbonyl (C=O) groups excluding carboxylic acids is 1. The number of carbonyl (C=O) groups is 1. The summed E-state index contributed by atoms with van der Waals surface area (Å²) in [5.41, 5.74) is 0.691. The molecule has 3 aromatic rings. The zero-order valence-electron chi connectivity index (χ0n) is 12.2. The highest BCUT2D eigenvalue weighted by atomic mass is 35.5. The molecule has 0 saturated heterocycles. The maximum absolute atomic E-state index is 12.4. The summed E-state index contributed by atoms with van der Waals surface area (Å²) in [4.78, 5) is 24.8. The van der Waals surface area contributed by atoms with Gasteiger partial charge < -0.3 is 5.32 Å². The van der Waals surface area contributed by atoms with Crippen LogP contribution in [0.25, 0.3) is 10.9 Å². The third-order valence-electron chi connectivity index (χ3n) is 3.43. The summed E-state index contributed by atoms with van der Waals surface area (Å²) in [6.07, 6.45) is 0. The van der Waals surface area contributed by atoms with Crippen molar-refractivity contribution in [2.75, 3.05) is 5.32 Å². The van der Waals surface area contributed by atoms with Gasteiger partial charge in [-0.15, -0.1) is 5.10 Å². The van der Waals surface area contributed by atoms with E-state index in [1.807, 2.05) is 0 Å². The van der Waals surface area contributed by atoms with E-state index < -0.39 is 6.04 Å². The van der Waals surface area contributed by atoms with Crippen LogP contribution in [0.5, 0.6) is 0 Å². The maximum Gasteiger partial charge on any atom is 0.278 e. The van der Waals surface area contributed by atoms with Gasteiger partial charge >= 0.3 is 0 Å². The van der Waals surface area contributed by atoms with Gasteiger partial charge in [0.2, 0.25) is 5.91 Å². The summed E-state index contributed by atoms with van der Waals surface area (Å²) in [5, 5.41) is 11.5. The summed E-state index contributed by atoms with van der Waals surface area (Å²) in [6.45, 7) is 1.59. The molecular weight excluding hydrogens is 316 g/mol. The van der Waals surface area contributed by atoms with Crippen molar-refractivity contribution in [1.82, 2.24) is 15.0 Å². The van der Waals surface area contributed by atoms with Gasteiger partial charge in [0.15, 0.2) is 0 Å². The number of hydrogen-bond donors (Lipinski definition) is 1. The van der Waals surface area contributed by atoms with E-state index in [2.05, 4.69) is 15.6 Å². The molecule has 1 N–H and O–H groups in total. The summed E-state index contributed by atoms with van der Waals surface area (Å²) in [5.74, 6) is -0.376. The molecule has 23 heavy (non-hydrogen) atoms. The van der Waals surface area contributed by atoms with Crippen molar-refractivity contribution >= 4 is 34.1 Å². The third kappa shape index (κ3) is 3.07. The van der Waals surface area contributed by atoms with E-state index in [4.69, 9.17) is 11.6 Å². The van der Waals surface area contributed by atoms with E-state index in [1.165, 1.54) is 0 Å². The van der Waals surface area contributed by atoms with Crippen LogP contribution in [0.2, 0.25) is 5.02 Å². The lowest BCUT2D eigenvalue weighted by Crippen LogP contribution is -2.34. The van der Waals surface area contributed by atoms with Crippen molar-refractivity contribution in [2.45, 2.75) is 13.0 Å². The molecule has 3 rings (SSSR count). The average molecular weight is 329 g/mol. The first-order valence-corrected chi connectivity index (χ1v) is 7.35. The van der Waals surface area contributed by atoms with Gasteiger partial charge in [0.05, 0.1) is 5.39 Å². The number of benzene rings is 2. The van der Waals surface area contributed by atoms with Crippen LogP contribution in [0.1, 0.15) is 13.0 Å². The first-order valence-electron chi connectivity index (χ1n) is 6.97. The summed E-state index contributed by atoms with van der Waals surface area (Å²) >= 11 is 5.89. The molecular formula is C16H13ClN4O2. The monoisotopic (exact) mass is 328 g/mol. The fourth-order valence-electron chi connectivity index (χ4n) is 2.18. The molecule has 0 radical (unpaired) electrons. The van der Waals surface area contributed by atoms with Crippen molar-refractivity contribution < 1.29 is 4.79 Å². The number of aromatic nitrogens is 3. The molecule has 0 aliphatic heterocycles. The minimum absolute atomic E-state index is 0.357. The van der Waals surface area contributed by atoms with Gasteiger partial charge in [-0.25, -0.2) is 0 Å². The van der Waals surface area contributed by atoms with Gasteiger partial charge in [0, 0.05) is 10.7 Å². The van der Waals surface area contributed by atoms with Gasteiger partial charge in [0.1, 0.15) is 11.6 Å². The van der Waals surface area contributed by atoms with Gasteiger partial charge in [-0.1, -0.05) is 35.0 Å². The number of anilines is 1. The Morgan fingerprint density at radius 3 is 2.78 bits per heavy atom. The topological polar surface area (TPSA) is 76.9 Å². The Hall–Kier alpha value is -2.73. The molecule has 0 spiro atoms. The number of hydrogen-bond acceptors (Lipinski definition) is 4. The van der Waals surface area contributed by atoms with E-state index in [1.54, 1.807) is 55.5 Å². The number of nitrogens with one attached hydrogen (secondary N) is 1. The van der Waals surface area contributed by atoms with Crippen LogP contribution in [0.4, 0.5) is 5.69 Å². The van der Waals surface area contributed by atoms with Crippen LogP contribution >= 0.6 is 11.6 Å². The SMILES string of the molecule is CC(C(=O)Nc1cccc(Cl)c1)n1nnc2ccccc2c1=O. The Morgan fingerprint density at radius 2 is 2.00 bits per heavy atom. The lowest BCUT2D eigenvalue weighted by atomic mass is 10.2. The second-order valence-electron chi connectivity index (χ2n) is 5.03. The number of halogens is 1. The fraction of sp³-hybridized carbons (Fsp3) is 0.125. The number of amides is 1. The molecule has 7 heteroatoms. The standard InChI is InChI=1S/C16H13ClN4O2/c1-10(15(22)18-12-6-4-5-11(17)9-12)21-16(23)13-7-2-3-8-14(13)19-20-21/h2-10H,1H3,(H,18,22). The highest BCUT2D eigenvalue weighted by Crippen LogP contribution is 2.16. The van der Waals surface area contributed by atoms with Crippen LogP contribution in [0, 0.1) is 0 Å². The molecule has 1 unspecified atom stereocenters. The Kier molecular flexibility index (Phi) is 4.08. The average Bonchev–Trinajstić information content (AvgIpc) is 2.55. The van der Waals surface area contributed by atoms with Crippen molar-refractivity contribution in [1.29, 1.82) is 0 Å². The third-order valence-corrected chi connectivity index (χ3v) is 3.66. The van der Waals surface area contributed by atoms with Gasteiger partial charge in [-0.3, -0.25) is 9.59 Å². The van der Waals surface area contributed by atoms with Gasteiger partial charge in [-0.05, 0) is 37.3 Å². The Balaban J connectivity index is 1.90. The number of rotatable bonds is 3. The molecule has 0 saturated carbocycles. The molecule has 1 amide bonds. The zero-order chi connectivity index (χ0) is 16.4. The van der Waals surface area contributed by atoms with E-state index in [-0.39, 0.29) is 11.5 Å². The maximum atomic E-state index is 12.4. The second kappa shape index (κ2) is 6.18. The van der Waals surface area contributed by atoms with Crippen molar-refractivity contribution in [2.24, 2.45) is 0 Å². The molecule has 116 valence electrons. The summed E-state index contributed by atoms with van der Waals surface area (Å²) in [7, 11) is 0. The van der Waals surface area contributed by atoms with Gasteiger partial charge in [-0.2, -0.15) is 4.68 Å².